The first-order valence-corrected chi connectivity index (χ1v) is 8.95. The second-order valence-corrected chi connectivity index (χ2v) is 6.77. The Labute approximate surface area is 152 Å². The van der Waals surface area contributed by atoms with Gasteiger partial charge < -0.3 is 15.6 Å². The second-order valence-electron chi connectivity index (χ2n) is 6.77. The molecule has 0 aromatic carbocycles. The lowest BCUT2D eigenvalue weighted by Gasteiger charge is -2.27. The molecule has 8 nitrogen and oxygen atoms in total. The van der Waals surface area contributed by atoms with Gasteiger partial charge in [0.05, 0.1) is 29.1 Å². The molecular weight excluding hydrogens is 334 g/mol. The van der Waals surface area contributed by atoms with Crippen LogP contribution in [0.4, 0.5) is 0 Å². The van der Waals surface area contributed by atoms with Gasteiger partial charge in [-0.1, -0.05) is 5.21 Å². The number of pyridine rings is 1. The average molecular weight is 359 g/mol. The van der Waals surface area contributed by atoms with Gasteiger partial charge in [-0.05, 0) is 51.3 Å². The van der Waals surface area contributed by atoms with Crippen molar-refractivity contribution in [2.45, 2.75) is 45.1 Å². The normalized spacial score (nSPS) is 20.1. The van der Waals surface area contributed by atoms with E-state index in [1.165, 1.54) is 0 Å². The fourth-order valence-electron chi connectivity index (χ4n) is 3.45. The zero-order chi connectivity index (χ0) is 18.7. The van der Waals surface area contributed by atoms with Crippen LogP contribution in [0.1, 0.15) is 37.1 Å². The van der Waals surface area contributed by atoms with E-state index in [2.05, 4.69) is 15.3 Å². The molecule has 2 aromatic rings. The van der Waals surface area contributed by atoms with Crippen molar-refractivity contribution in [3.63, 3.8) is 0 Å². The number of nitrogens with zero attached hydrogens (tertiary/aromatic N) is 4. The summed E-state index contributed by atoms with van der Waals surface area (Å²) < 4.78 is 7.77. The van der Waals surface area contributed by atoms with Gasteiger partial charge in [0.2, 0.25) is 0 Å². The Morgan fingerprint density at radius 3 is 2.92 bits per heavy atom. The molecule has 0 radical (unpaired) electrons. The van der Waals surface area contributed by atoms with Gasteiger partial charge in [-0.2, -0.15) is 0 Å². The Balaban J connectivity index is 1.77. The van der Waals surface area contributed by atoms with Gasteiger partial charge in [0.1, 0.15) is 11.4 Å². The van der Waals surface area contributed by atoms with Gasteiger partial charge in [-0.3, -0.25) is 9.48 Å². The number of aliphatic carboxylic acids is 1. The van der Waals surface area contributed by atoms with Crippen LogP contribution in [-0.2, 0) is 18.3 Å². The van der Waals surface area contributed by atoms with Crippen molar-refractivity contribution in [3.8, 4) is 17.1 Å². The average Bonchev–Trinajstić information content (AvgIpc) is 2.98. The zero-order valence-electron chi connectivity index (χ0n) is 15.2. The van der Waals surface area contributed by atoms with Crippen LogP contribution in [0, 0.1) is 12.8 Å². The SMILES string of the molecule is Cc1nc(-c2nnn(C)c2CCN)ccc1OC1CCCC(C(=O)O)C1. The lowest BCUT2D eigenvalue weighted by molar-refractivity contribution is -0.143. The van der Waals surface area contributed by atoms with E-state index in [0.717, 1.165) is 42.0 Å². The minimum atomic E-state index is -0.737. The number of ether oxygens (including phenoxy) is 1. The largest absolute Gasteiger partial charge is 0.489 e. The summed E-state index contributed by atoms with van der Waals surface area (Å²) >= 11 is 0. The molecule has 1 saturated carbocycles. The summed E-state index contributed by atoms with van der Waals surface area (Å²) in [5, 5.41) is 17.5. The molecule has 0 amide bonds. The van der Waals surface area contributed by atoms with Gasteiger partial charge in [-0.15, -0.1) is 5.10 Å². The number of nitrogens with two attached hydrogens (primary N) is 1. The first-order chi connectivity index (χ1) is 12.5. The van der Waals surface area contributed by atoms with Gasteiger partial charge >= 0.3 is 5.97 Å². The Morgan fingerprint density at radius 1 is 1.42 bits per heavy atom. The lowest BCUT2D eigenvalue weighted by atomic mass is 9.87. The summed E-state index contributed by atoms with van der Waals surface area (Å²) in [6.45, 7) is 2.40. The van der Waals surface area contributed by atoms with Crippen LogP contribution in [-0.4, -0.2) is 43.7 Å². The molecule has 0 spiro atoms. The first kappa shape index (κ1) is 18.3. The minimum Gasteiger partial charge on any atom is -0.489 e. The predicted molar refractivity (Wildman–Crippen MR) is 95.7 cm³/mol. The van der Waals surface area contributed by atoms with E-state index >= 15 is 0 Å². The highest BCUT2D eigenvalue weighted by Crippen LogP contribution is 2.30. The van der Waals surface area contributed by atoms with Crippen LogP contribution >= 0.6 is 0 Å². The number of aryl methyl sites for hydroxylation is 2. The summed E-state index contributed by atoms with van der Waals surface area (Å²) in [6, 6.07) is 3.74. The summed E-state index contributed by atoms with van der Waals surface area (Å²) in [5.41, 5.74) is 8.85. The minimum absolute atomic E-state index is 0.0829. The number of carbonyl (C=O) groups is 1. The predicted octanol–water partition coefficient (Wildman–Crippen LogP) is 1.71. The first-order valence-electron chi connectivity index (χ1n) is 8.95. The van der Waals surface area contributed by atoms with Crippen molar-refractivity contribution in [1.82, 2.24) is 20.0 Å². The third-order valence-corrected chi connectivity index (χ3v) is 4.87. The molecule has 140 valence electrons. The molecule has 0 aliphatic heterocycles. The van der Waals surface area contributed by atoms with Crippen LogP contribution in [0.2, 0.25) is 0 Å². The maximum Gasteiger partial charge on any atom is 0.306 e. The highest BCUT2D eigenvalue weighted by atomic mass is 16.5. The van der Waals surface area contributed by atoms with Crippen molar-refractivity contribution >= 4 is 5.97 Å². The molecule has 2 heterocycles. The van der Waals surface area contributed by atoms with Crippen molar-refractivity contribution in [3.05, 3.63) is 23.5 Å². The number of rotatable bonds is 6. The van der Waals surface area contributed by atoms with E-state index in [9.17, 15) is 9.90 Å². The molecule has 3 rings (SSSR count). The molecule has 1 aliphatic rings. The highest BCUT2D eigenvalue weighted by Gasteiger charge is 2.28. The Morgan fingerprint density at radius 2 is 2.23 bits per heavy atom. The van der Waals surface area contributed by atoms with Crippen LogP contribution in [0.5, 0.6) is 5.75 Å². The summed E-state index contributed by atoms with van der Waals surface area (Å²) in [7, 11) is 1.84. The standard InChI is InChI=1S/C18H25N5O3/c1-11-16(26-13-5-3-4-12(10-13)18(24)25)7-6-14(20-11)17-15(8-9-19)23(2)22-21-17/h6-7,12-13H,3-5,8-10,19H2,1-2H3,(H,24,25). The number of carboxylic acids is 1. The number of aromatic nitrogens is 4. The third-order valence-electron chi connectivity index (χ3n) is 4.87. The van der Waals surface area contributed by atoms with Gasteiger partial charge in [0.25, 0.3) is 0 Å². The molecule has 0 saturated heterocycles. The molecule has 1 aliphatic carbocycles. The number of hydrogen-bond acceptors (Lipinski definition) is 6. The van der Waals surface area contributed by atoms with E-state index in [4.69, 9.17) is 10.5 Å². The molecule has 3 N–H and O–H groups in total. The Hall–Kier alpha value is -2.48. The quantitative estimate of drug-likeness (QED) is 0.806. The topological polar surface area (TPSA) is 116 Å². The van der Waals surface area contributed by atoms with Crippen molar-refractivity contribution in [1.29, 1.82) is 0 Å². The second kappa shape index (κ2) is 7.82. The fraction of sp³-hybridized carbons (Fsp3) is 0.556. The monoisotopic (exact) mass is 359 g/mol. The Bertz CT molecular complexity index is 789. The summed E-state index contributed by atoms with van der Waals surface area (Å²) in [6.07, 6.45) is 3.60. The van der Waals surface area contributed by atoms with Gasteiger partial charge in [0, 0.05) is 13.5 Å². The van der Waals surface area contributed by atoms with Crippen molar-refractivity contribution in [2.75, 3.05) is 6.54 Å². The van der Waals surface area contributed by atoms with Gasteiger partial charge in [-0.25, -0.2) is 4.98 Å². The number of hydrogen-bond donors (Lipinski definition) is 2. The molecule has 2 aromatic heterocycles. The van der Waals surface area contributed by atoms with E-state index in [0.29, 0.717) is 25.1 Å². The maximum atomic E-state index is 11.2. The lowest BCUT2D eigenvalue weighted by Crippen LogP contribution is -2.29. The maximum absolute atomic E-state index is 11.2. The fourth-order valence-corrected chi connectivity index (χ4v) is 3.45. The van der Waals surface area contributed by atoms with E-state index in [1.54, 1.807) is 4.68 Å². The van der Waals surface area contributed by atoms with Crippen LogP contribution < -0.4 is 10.5 Å². The Kier molecular flexibility index (Phi) is 5.51. The van der Waals surface area contributed by atoms with Crippen molar-refractivity contribution in [2.24, 2.45) is 18.7 Å². The van der Waals surface area contributed by atoms with Gasteiger partial charge in [0.15, 0.2) is 0 Å². The van der Waals surface area contributed by atoms with Crippen molar-refractivity contribution < 1.29 is 14.6 Å². The molecule has 8 heteroatoms. The van der Waals surface area contributed by atoms with E-state index < -0.39 is 5.97 Å². The third kappa shape index (κ3) is 3.85. The van der Waals surface area contributed by atoms with Crippen LogP contribution in [0.15, 0.2) is 12.1 Å². The molecule has 2 atom stereocenters. The van der Waals surface area contributed by atoms with Crippen LogP contribution in [0.25, 0.3) is 11.4 Å². The molecule has 0 bridgehead atoms. The molecule has 2 unspecified atom stereocenters. The zero-order valence-corrected chi connectivity index (χ0v) is 15.2. The highest BCUT2D eigenvalue weighted by molar-refractivity contribution is 5.70. The molecule has 1 fully saturated rings. The van der Waals surface area contributed by atoms with Crippen LogP contribution in [0.3, 0.4) is 0 Å². The van der Waals surface area contributed by atoms with E-state index in [1.807, 2.05) is 26.1 Å². The van der Waals surface area contributed by atoms with E-state index in [-0.39, 0.29) is 12.0 Å². The number of carboxylic acid groups (broad SMARTS) is 1. The molecule has 26 heavy (non-hydrogen) atoms. The smallest absolute Gasteiger partial charge is 0.306 e. The summed E-state index contributed by atoms with van der Waals surface area (Å²) in [5.74, 6) is -0.368. The summed E-state index contributed by atoms with van der Waals surface area (Å²) in [4.78, 5) is 15.8. The molecular formula is C18H25N5O3.